The van der Waals surface area contributed by atoms with Crippen LogP contribution in [0.15, 0.2) is 10.8 Å². The third kappa shape index (κ3) is 3.04. The SMILES string of the molecule is Cc1ncoc1-c1nnc(CCCCCN2CC3CC3C2)n1C. The van der Waals surface area contributed by atoms with E-state index in [2.05, 4.69) is 20.1 Å². The normalized spacial score (nSPS) is 23.4. The first-order valence-electron chi connectivity index (χ1n) is 8.73. The number of hydrogen-bond donors (Lipinski definition) is 0. The first kappa shape index (κ1) is 14.9. The lowest BCUT2D eigenvalue weighted by Gasteiger charge is -2.16. The Morgan fingerprint density at radius 1 is 1.17 bits per heavy atom. The van der Waals surface area contributed by atoms with Gasteiger partial charge in [-0.25, -0.2) is 4.98 Å². The van der Waals surface area contributed by atoms with Crippen molar-refractivity contribution < 1.29 is 4.42 Å². The molecule has 23 heavy (non-hydrogen) atoms. The largest absolute Gasteiger partial charge is 0.440 e. The van der Waals surface area contributed by atoms with E-state index < -0.39 is 0 Å². The Morgan fingerprint density at radius 3 is 2.74 bits per heavy atom. The van der Waals surface area contributed by atoms with E-state index in [4.69, 9.17) is 4.42 Å². The number of aromatic nitrogens is 4. The lowest BCUT2D eigenvalue weighted by atomic mass is 10.2. The van der Waals surface area contributed by atoms with Gasteiger partial charge in [0.2, 0.25) is 5.82 Å². The minimum Gasteiger partial charge on any atom is -0.440 e. The molecule has 2 atom stereocenters. The molecule has 2 aromatic heterocycles. The quantitative estimate of drug-likeness (QED) is 0.735. The second kappa shape index (κ2) is 6.07. The molecule has 2 fully saturated rings. The summed E-state index contributed by atoms with van der Waals surface area (Å²) in [5.74, 6) is 4.61. The molecular formula is C17H25N5O. The number of unbranched alkanes of at least 4 members (excludes halogenated alkanes) is 2. The number of piperidine rings is 1. The first-order chi connectivity index (χ1) is 11.2. The molecule has 1 saturated heterocycles. The lowest BCUT2D eigenvalue weighted by molar-refractivity contribution is 0.297. The summed E-state index contributed by atoms with van der Waals surface area (Å²) in [4.78, 5) is 6.77. The fourth-order valence-electron chi connectivity index (χ4n) is 3.77. The molecule has 6 nitrogen and oxygen atoms in total. The molecule has 0 aromatic carbocycles. The molecule has 1 aliphatic carbocycles. The zero-order chi connectivity index (χ0) is 15.8. The van der Waals surface area contributed by atoms with Gasteiger partial charge < -0.3 is 13.9 Å². The molecule has 2 aromatic rings. The second-order valence-corrected chi connectivity index (χ2v) is 7.09. The van der Waals surface area contributed by atoms with Crippen molar-refractivity contribution in [3.05, 3.63) is 17.9 Å². The van der Waals surface area contributed by atoms with Crippen LogP contribution in [0.25, 0.3) is 11.6 Å². The highest BCUT2D eigenvalue weighted by Gasteiger charge is 2.44. The van der Waals surface area contributed by atoms with Crippen LogP contribution in [-0.4, -0.2) is 44.3 Å². The second-order valence-electron chi connectivity index (χ2n) is 7.09. The van der Waals surface area contributed by atoms with Crippen molar-refractivity contribution in [2.75, 3.05) is 19.6 Å². The van der Waals surface area contributed by atoms with Gasteiger partial charge in [0.25, 0.3) is 0 Å². The third-order valence-electron chi connectivity index (χ3n) is 5.34. The number of fused-ring (bicyclic) bond motifs is 1. The molecule has 1 aliphatic heterocycles. The van der Waals surface area contributed by atoms with E-state index >= 15 is 0 Å². The summed E-state index contributed by atoms with van der Waals surface area (Å²) in [6.07, 6.45) is 7.65. The van der Waals surface area contributed by atoms with Crippen LogP contribution in [0.2, 0.25) is 0 Å². The Bertz CT molecular complexity index is 666. The average molecular weight is 315 g/mol. The van der Waals surface area contributed by atoms with Crippen molar-refractivity contribution in [3.63, 3.8) is 0 Å². The maximum absolute atomic E-state index is 5.42. The van der Waals surface area contributed by atoms with Gasteiger partial charge in [0.1, 0.15) is 5.82 Å². The van der Waals surface area contributed by atoms with Gasteiger partial charge in [-0.2, -0.15) is 0 Å². The van der Waals surface area contributed by atoms with Crippen LogP contribution >= 0.6 is 0 Å². The fraction of sp³-hybridized carbons (Fsp3) is 0.706. The van der Waals surface area contributed by atoms with Gasteiger partial charge in [0.05, 0.1) is 5.69 Å². The molecule has 0 radical (unpaired) electrons. The Balaban J connectivity index is 1.23. The Morgan fingerprint density at radius 2 is 2.00 bits per heavy atom. The van der Waals surface area contributed by atoms with Crippen LogP contribution in [0.1, 0.15) is 37.2 Å². The van der Waals surface area contributed by atoms with Gasteiger partial charge in [0.15, 0.2) is 12.2 Å². The van der Waals surface area contributed by atoms with E-state index in [1.807, 2.05) is 18.5 Å². The summed E-state index contributed by atoms with van der Waals surface area (Å²) in [5, 5.41) is 8.58. The smallest absolute Gasteiger partial charge is 0.201 e. The van der Waals surface area contributed by atoms with Crippen molar-refractivity contribution >= 4 is 0 Å². The van der Waals surface area contributed by atoms with Gasteiger partial charge in [-0.05, 0) is 44.6 Å². The van der Waals surface area contributed by atoms with Crippen LogP contribution in [0.3, 0.4) is 0 Å². The highest BCUT2D eigenvalue weighted by Crippen LogP contribution is 2.44. The van der Waals surface area contributed by atoms with E-state index in [9.17, 15) is 0 Å². The highest BCUT2D eigenvalue weighted by atomic mass is 16.3. The van der Waals surface area contributed by atoms with E-state index in [1.54, 1.807) is 0 Å². The molecule has 0 N–H and O–H groups in total. The number of aryl methyl sites for hydroxylation is 2. The van der Waals surface area contributed by atoms with Gasteiger partial charge in [-0.3, -0.25) is 0 Å². The van der Waals surface area contributed by atoms with Gasteiger partial charge in [-0.1, -0.05) is 6.42 Å². The van der Waals surface area contributed by atoms with Crippen molar-refractivity contribution in [1.29, 1.82) is 0 Å². The highest BCUT2D eigenvalue weighted by molar-refractivity contribution is 5.49. The first-order valence-corrected chi connectivity index (χ1v) is 8.73. The van der Waals surface area contributed by atoms with Crippen LogP contribution in [0.5, 0.6) is 0 Å². The Hall–Kier alpha value is -1.69. The van der Waals surface area contributed by atoms with Gasteiger partial charge in [-0.15, -0.1) is 10.2 Å². The van der Waals surface area contributed by atoms with E-state index in [1.165, 1.54) is 51.7 Å². The zero-order valence-corrected chi connectivity index (χ0v) is 14.0. The van der Waals surface area contributed by atoms with E-state index in [0.717, 1.165) is 41.4 Å². The summed E-state index contributed by atoms with van der Waals surface area (Å²) < 4.78 is 7.45. The minimum absolute atomic E-state index is 0.721. The predicted octanol–water partition coefficient (Wildman–Crippen LogP) is 2.44. The molecule has 3 heterocycles. The number of nitrogens with zero attached hydrogens (tertiary/aromatic N) is 5. The van der Waals surface area contributed by atoms with Crippen LogP contribution in [0, 0.1) is 18.8 Å². The summed E-state index contributed by atoms with van der Waals surface area (Å²) >= 11 is 0. The van der Waals surface area contributed by atoms with Crippen molar-refractivity contribution in [1.82, 2.24) is 24.6 Å². The maximum Gasteiger partial charge on any atom is 0.201 e. The molecule has 6 heteroatoms. The molecule has 124 valence electrons. The molecular weight excluding hydrogens is 290 g/mol. The standard InChI is InChI=1S/C17H25N5O/c1-12-16(23-11-18-12)17-20-19-15(21(17)2)6-4-3-5-7-22-9-13-8-14(13)10-22/h11,13-14H,3-10H2,1-2H3. The van der Waals surface area contributed by atoms with E-state index in [0.29, 0.717) is 0 Å². The maximum atomic E-state index is 5.42. The van der Waals surface area contributed by atoms with Crippen molar-refractivity contribution in [3.8, 4) is 11.6 Å². The molecule has 2 unspecified atom stereocenters. The fourth-order valence-corrected chi connectivity index (χ4v) is 3.77. The van der Waals surface area contributed by atoms with Crippen LogP contribution < -0.4 is 0 Å². The molecule has 2 aliphatic rings. The molecule has 0 amide bonds. The third-order valence-corrected chi connectivity index (χ3v) is 5.34. The topological polar surface area (TPSA) is 60.0 Å². The Labute approximate surface area is 136 Å². The minimum atomic E-state index is 0.721. The lowest BCUT2D eigenvalue weighted by Crippen LogP contribution is -2.23. The zero-order valence-electron chi connectivity index (χ0n) is 14.0. The Kier molecular flexibility index (Phi) is 3.93. The summed E-state index contributed by atoms with van der Waals surface area (Å²) in [6, 6.07) is 0. The number of likely N-dealkylation sites (tertiary alicyclic amines) is 1. The molecule has 1 saturated carbocycles. The average Bonchev–Trinajstić information content (AvgIpc) is 2.89. The number of rotatable bonds is 7. The van der Waals surface area contributed by atoms with Gasteiger partial charge >= 0.3 is 0 Å². The van der Waals surface area contributed by atoms with Gasteiger partial charge in [0, 0.05) is 26.6 Å². The summed E-state index contributed by atoms with van der Waals surface area (Å²) in [5.41, 5.74) is 0.857. The van der Waals surface area contributed by atoms with Crippen molar-refractivity contribution in [2.24, 2.45) is 18.9 Å². The molecule has 0 spiro atoms. The molecule has 4 rings (SSSR count). The van der Waals surface area contributed by atoms with Crippen LogP contribution in [0.4, 0.5) is 0 Å². The predicted molar refractivity (Wildman–Crippen MR) is 86.8 cm³/mol. The summed E-state index contributed by atoms with van der Waals surface area (Å²) in [7, 11) is 2.00. The number of hydrogen-bond acceptors (Lipinski definition) is 5. The molecule has 0 bridgehead atoms. The number of oxazole rings is 1. The van der Waals surface area contributed by atoms with E-state index in [-0.39, 0.29) is 0 Å². The summed E-state index contributed by atoms with van der Waals surface area (Å²) in [6.45, 7) is 5.91. The van der Waals surface area contributed by atoms with Crippen molar-refractivity contribution in [2.45, 2.75) is 39.0 Å². The van der Waals surface area contributed by atoms with Crippen LogP contribution in [-0.2, 0) is 13.5 Å². The monoisotopic (exact) mass is 315 g/mol.